The first-order valence-corrected chi connectivity index (χ1v) is 5.82. The first-order valence-electron chi connectivity index (χ1n) is 5.82. The number of amides is 1. The highest BCUT2D eigenvalue weighted by molar-refractivity contribution is 5.84. The lowest BCUT2D eigenvalue weighted by Crippen LogP contribution is -2.52. The highest BCUT2D eigenvalue weighted by Gasteiger charge is 2.61. The Morgan fingerprint density at radius 3 is 2.84 bits per heavy atom. The molecule has 0 radical (unpaired) electrons. The molecule has 2 N–H and O–H groups in total. The van der Waals surface area contributed by atoms with Crippen molar-refractivity contribution in [1.29, 1.82) is 0 Å². The summed E-state index contributed by atoms with van der Waals surface area (Å²) in [4.78, 5) is 15.7. The highest BCUT2D eigenvalue weighted by atomic mass is 19.4. The Morgan fingerprint density at radius 1 is 1.63 bits per heavy atom. The normalized spacial score (nSPS) is 23.6. The lowest BCUT2D eigenvalue weighted by molar-refractivity contribution is -0.216. The fourth-order valence-electron chi connectivity index (χ4n) is 2.06. The van der Waals surface area contributed by atoms with Crippen LogP contribution in [0.15, 0.2) is 10.6 Å². The Bertz CT molecular complexity index is 464. The van der Waals surface area contributed by atoms with Crippen LogP contribution >= 0.6 is 0 Å². The number of nitrogens with one attached hydrogen (secondary N) is 2. The molecule has 0 aromatic carbocycles. The van der Waals surface area contributed by atoms with E-state index < -0.39 is 24.0 Å². The van der Waals surface area contributed by atoms with Gasteiger partial charge >= 0.3 is 6.18 Å². The molecule has 0 bridgehead atoms. The number of carbonyl (C=O) groups excluding carboxylic acids is 1. The number of halogens is 3. The molecule has 2 rings (SSSR count). The zero-order valence-electron chi connectivity index (χ0n) is 10.3. The molecule has 8 heteroatoms. The maximum Gasteiger partial charge on any atom is 0.404 e. The summed E-state index contributed by atoms with van der Waals surface area (Å²) in [6, 6.07) is 0. The standard InChI is InChI=1S/C11H14F3N3O2/c1-7-4-16-8(19-7)5-17-9(18)10(11(12,13)14)2-3-15-6-10/h4,15H,2-3,5-6H2,1H3,(H,17,18). The van der Waals surface area contributed by atoms with E-state index in [1.165, 1.54) is 6.20 Å². The fraction of sp³-hybridized carbons (Fsp3) is 0.636. The van der Waals surface area contributed by atoms with Crippen molar-refractivity contribution >= 4 is 5.91 Å². The topological polar surface area (TPSA) is 67.2 Å². The van der Waals surface area contributed by atoms with Crippen LogP contribution in [0.5, 0.6) is 0 Å². The smallest absolute Gasteiger partial charge is 0.404 e. The number of aryl methyl sites for hydroxylation is 1. The minimum Gasteiger partial charge on any atom is -0.444 e. The van der Waals surface area contributed by atoms with Gasteiger partial charge in [0, 0.05) is 6.54 Å². The quantitative estimate of drug-likeness (QED) is 0.869. The molecule has 2 heterocycles. The van der Waals surface area contributed by atoms with Gasteiger partial charge in [-0.1, -0.05) is 0 Å². The molecule has 0 saturated carbocycles. The second kappa shape index (κ2) is 4.84. The minimum absolute atomic E-state index is 0.148. The second-order valence-electron chi connectivity index (χ2n) is 4.55. The summed E-state index contributed by atoms with van der Waals surface area (Å²) in [7, 11) is 0. The SMILES string of the molecule is Cc1cnc(CNC(=O)C2(C(F)(F)F)CCNC2)o1. The zero-order valence-corrected chi connectivity index (χ0v) is 10.3. The summed E-state index contributed by atoms with van der Waals surface area (Å²) in [6.45, 7) is 1.29. The van der Waals surface area contributed by atoms with Crippen LogP contribution in [0, 0.1) is 12.3 Å². The molecule has 1 aliphatic heterocycles. The van der Waals surface area contributed by atoms with Gasteiger partial charge in [0.25, 0.3) is 0 Å². The number of alkyl halides is 3. The molecule has 5 nitrogen and oxygen atoms in total. The number of hydrogen-bond donors (Lipinski definition) is 2. The number of nitrogens with zero attached hydrogens (tertiary/aromatic N) is 1. The monoisotopic (exact) mass is 277 g/mol. The molecule has 1 aliphatic rings. The summed E-state index contributed by atoms with van der Waals surface area (Å²) >= 11 is 0. The predicted molar refractivity (Wildman–Crippen MR) is 59.1 cm³/mol. The molecule has 1 atom stereocenters. The van der Waals surface area contributed by atoms with Crippen LogP contribution in [0.25, 0.3) is 0 Å². The molecular weight excluding hydrogens is 263 g/mol. The van der Waals surface area contributed by atoms with E-state index in [-0.39, 0.29) is 25.4 Å². The van der Waals surface area contributed by atoms with Crippen molar-refractivity contribution < 1.29 is 22.4 Å². The third-order valence-electron chi connectivity index (χ3n) is 3.20. The van der Waals surface area contributed by atoms with E-state index in [0.29, 0.717) is 5.76 Å². The zero-order chi connectivity index (χ0) is 14.1. The molecule has 1 amide bonds. The van der Waals surface area contributed by atoms with Gasteiger partial charge in [0.05, 0.1) is 12.7 Å². The number of aromatic nitrogens is 1. The number of oxazole rings is 1. The summed E-state index contributed by atoms with van der Waals surface area (Å²) < 4.78 is 44.3. The lowest BCUT2D eigenvalue weighted by atomic mass is 9.85. The Balaban J connectivity index is 2.05. The van der Waals surface area contributed by atoms with Crippen LogP contribution in [-0.2, 0) is 11.3 Å². The molecule has 1 aromatic heterocycles. The van der Waals surface area contributed by atoms with Gasteiger partial charge in [-0.2, -0.15) is 13.2 Å². The predicted octanol–water partition coefficient (Wildman–Crippen LogP) is 1.14. The third-order valence-corrected chi connectivity index (χ3v) is 3.20. The fourth-order valence-corrected chi connectivity index (χ4v) is 2.06. The first-order chi connectivity index (χ1) is 8.85. The van der Waals surface area contributed by atoms with Crippen LogP contribution in [0.3, 0.4) is 0 Å². The van der Waals surface area contributed by atoms with Crippen LogP contribution in [0.2, 0.25) is 0 Å². The maximum absolute atomic E-state index is 13.1. The maximum atomic E-state index is 13.1. The van der Waals surface area contributed by atoms with Gasteiger partial charge in [0.2, 0.25) is 11.8 Å². The van der Waals surface area contributed by atoms with Crippen molar-refractivity contribution in [3.05, 3.63) is 17.8 Å². The summed E-state index contributed by atoms with van der Waals surface area (Å²) in [5.74, 6) is -0.313. The van der Waals surface area contributed by atoms with Crippen molar-refractivity contribution in [1.82, 2.24) is 15.6 Å². The molecular formula is C11H14F3N3O2. The second-order valence-corrected chi connectivity index (χ2v) is 4.55. The Morgan fingerprint density at radius 2 is 2.37 bits per heavy atom. The Kier molecular flexibility index (Phi) is 3.53. The molecule has 1 unspecified atom stereocenters. The third kappa shape index (κ3) is 2.58. The van der Waals surface area contributed by atoms with Gasteiger partial charge in [-0.25, -0.2) is 4.98 Å². The van der Waals surface area contributed by atoms with E-state index >= 15 is 0 Å². The van der Waals surface area contributed by atoms with Crippen molar-refractivity contribution in [3.8, 4) is 0 Å². The van der Waals surface area contributed by atoms with Crippen LogP contribution in [-0.4, -0.2) is 30.2 Å². The molecule has 1 aromatic rings. The Labute approximate surface area is 107 Å². The van der Waals surface area contributed by atoms with Crippen molar-refractivity contribution in [2.24, 2.45) is 5.41 Å². The average molecular weight is 277 g/mol. The first kappa shape index (κ1) is 13.9. The molecule has 0 spiro atoms. The van der Waals surface area contributed by atoms with E-state index in [2.05, 4.69) is 15.6 Å². The van der Waals surface area contributed by atoms with E-state index in [1.807, 2.05) is 0 Å². The summed E-state index contributed by atoms with van der Waals surface area (Å²) in [5.41, 5.74) is -2.35. The summed E-state index contributed by atoms with van der Waals surface area (Å²) in [5, 5.41) is 4.83. The van der Waals surface area contributed by atoms with Gasteiger partial charge in [0.15, 0.2) is 5.41 Å². The number of rotatable bonds is 3. The van der Waals surface area contributed by atoms with E-state index in [0.717, 1.165) is 0 Å². The van der Waals surface area contributed by atoms with Gasteiger partial charge in [0.1, 0.15) is 5.76 Å². The van der Waals surface area contributed by atoms with Crippen LogP contribution in [0.4, 0.5) is 13.2 Å². The van der Waals surface area contributed by atoms with Crippen molar-refractivity contribution in [3.63, 3.8) is 0 Å². The van der Waals surface area contributed by atoms with E-state index in [9.17, 15) is 18.0 Å². The van der Waals surface area contributed by atoms with Crippen molar-refractivity contribution in [2.45, 2.75) is 26.1 Å². The largest absolute Gasteiger partial charge is 0.444 e. The van der Waals surface area contributed by atoms with Gasteiger partial charge in [-0.3, -0.25) is 4.79 Å². The van der Waals surface area contributed by atoms with Crippen molar-refractivity contribution in [2.75, 3.05) is 13.1 Å². The molecule has 19 heavy (non-hydrogen) atoms. The number of carbonyl (C=O) groups is 1. The molecule has 106 valence electrons. The lowest BCUT2D eigenvalue weighted by Gasteiger charge is -2.29. The van der Waals surface area contributed by atoms with Crippen LogP contribution in [0.1, 0.15) is 18.1 Å². The summed E-state index contributed by atoms with van der Waals surface area (Å²) in [6.07, 6.45) is -3.39. The van der Waals surface area contributed by atoms with Crippen LogP contribution < -0.4 is 10.6 Å². The minimum atomic E-state index is -4.58. The van der Waals surface area contributed by atoms with E-state index in [1.54, 1.807) is 6.92 Å². The molecule has 1 fully saturated rings. The van der Waals surface area contributed by atoms with Gasteiger partial charge < -0.3 is 15.1 Å². The number of hydrogen-bond acceptors (Lipinski definition) is 4. The Hall–Kier alpha value is -1.57. The molecule has 0 aliphatic carbocycles. The highest BCUT2D eigenvalue weighted by Crippen LogP contribution is 2.43. The van der Waals surface area contributed by atoms with Gasteiger partial charge in [-0.05, 0) is 19.9 Å². The van der Waals surface area contributed by atoms with Gasteiger partial charge in [-0.15, -0.1) is 0 Å². The average Bonchev–Trinajstić information content (AvgIpc) is 2.94. The molecule has 1 saturated heterocycles. The van der Waals surface area contributed by atoms with E-state index in [4.69, 9.17) is 4.42 Å².